The van der Waals surface area contributed by atoms with Crippen LogP contribution in [-0.4, -0.2) is 39.4 Å². The summed E-state index contributed by atoms with van der Waals surface area (Å²) in [7, 11) is 0. The van der Waals surface area contributed by atoms with Gasteiger partial charge in [0, 0.05) is 12.1 Å². The van der Waals surface area contributed by atoms with Crippen molar-refractivity contribution in [2.75, 3.05) is 0 Å². The molecule has 1 rings (SSSR count). The Balaban J connectivity index is 3.06. The standard InChI is InChI=1S/C12H19F3N2O3/c1-5-6-8-7-11(19,12(13,14)15)17(16-8)9(18)20-10(2,3)4/h19H,5-7H2,1-4H3/t11-/m0/s1. The molecule has 0 aromatic rings. The van der Waals surface area contributed by atoms with Crippen LogP contribution in [0.4, 0.5) is 18.0 Å². The summed E-state index contributed by atoms with van der Waals surface area (Å²) < 4.78 is 43.9. The summed E-state index contributed by atoms with van der Waals surface area (Å²) >= 11 is 0. The zero-order chi connectivity index (χ0) is 15.8. The maximum atomic E-state index is 13.0. The van der Waals surface area contributed by atoms with E-state index in [0.717, 1.165) is 0 Å². The molecule has 8 heteroatoms. The first-order chi connectivity index (χ1) is 8.90. The summed E-state index contributed by atoms with van der Waals surface area (Å²) in [6.45, 7) is 6.32. The van der Waals surface area contributed by atoms with Gasteiger partial charge in [0.25, 0.3) is 5.72 Å². The van der Waals surface area contributed by atoms with Crippen molar-refractivity contribution in [2.24, 2.45) is 5.10 Å². The second-order valence-electron chi connectivity index (χ2n) is 5.70. The highest BCUT2D eigenvalue weighted by Gasteiger charge is 2.63. The number of rotatable bonds is 2. The summed E-state index contributed by atoms with van der Waals surface area (Å²) in [5.74, 6) is 0. The lowest BCUT2D eigenvalue weighted by molar-refractivity contribution is -0.300. The Morgan fingerprint density at radius 3 is 2.40 bits per heavy atom. The number of hydrogen-bond acceptors (Lipinski definition) is 4. The van der Waals surface area contributed by atoms with Crippen LogP contribution in [0, 0.1) is 0 Å². The average molecular weight is 296 g/mol. The molecule has 0 aromatic carbocycles. The van der Waals surface area contributed by atoms with Crippen molar-refractivity contribution in [3.05, 3.63) is 0 Å². The SMILES string of the molecule is CCCC1=NN(C(=O)OC(C)(C)C)[C@@](O)(C(F)(F)F)C1. The van der Waals surface area contributed by atoms with Gasteiger partial charge in [-0.15, -0.1) is 0 Å². The molecule has 20 heavy (non-hydrogen) atoms. The minimum absolute atomic E-state index is 0.00322. The maximum absolute atomic E-state index is 13.0. The van der Waals surface area contributed by atoms with Gasteiger partial charge in [0.2, 0.25) is 0 Å². The van der Waals surface area contributed by atoms with Crippen molar-refractivity contribution < 1.29 is 27.8 Å². The molecule has 1 amide bonds. The van der Waals surface area contributed by atoms with E-state index in [9.17, 15) is 23.1 Å². The van der Waals surface area contributed by atoms with E-state index in [1.807, 2.05) is 0 Å². The highest BCUT2D eigenvalue weighted by atomic mass is 19.4. The number of amides is 1. The van der Waals surface area contributed by atoms with Crippen LogP contribution in [0.1, 0.15) is 47.0 Å². The van der Waals surface area contributed by atoms with Gasteiger partial charge in [-0.2, -0.15) is 23.3 Å². The number of hydrogen-bond donors (Lipinski definition) is 1. The monoisotopic (exact) mass is 296 g/mol. The molecule has 0 saturated heterocycles. The maximum Gasteiger partial charge on any atom is 0.439 e. The molecule has 0 fully saturated rings. The molecule has 0 radical (unpaired) electrons. The predicted molar refractivity (Wildman–Crippen MR) is 66.0 cm³/mol. The van der Waals surface area contributed by atoms with Crippen LogP contribution in [0.3, 0.4) is 0 Å². The molecule has 116 valence electrons. The normalized spacial score (nSPS) is 23.8. The van der Waals surface area contributed by atoms with Crippen LogP contribution in [0.25, 0.3) is 0 Å². The zero-order valence-corrected chi connectivity index (χ0v) is 11.9. The van der Waals surface area contributed by atoms with Crippen molar-refractivity contribution >= 4 is 11.8 Å². The Labute approximate surface area is 115 Å². The van der Waals surface area contributed by atoms with Gasteiger partial charge in [0.15, 0.2) is 0 Å². The fourth-order valence-electron chi connectivity index (χ4n) is 1.76. The number of carbonyl (C=O) groups excluding carboxylic acids is 1. The second kappa shape index (κ2) is 5.23. The highest BCUT2D eigenvalue weighted by Crippen LogP contribution is 2.41. The van der Waals surface area contributed by atoms with E-state index < -0.39 is 30.0 Å². The Kier molecular flexibility index (Phi) is 4.38. The van der Waals surface area contributed by atoms with Crippen LogP contribution in [0.2, 0.25) is 0 Å². The molecule has 5 nitrogen and oxygen atoms in total. The van der Waals surface area contributed by atoms with Crippen LogP contribution >= 0.6 is 0 Å². The molecule has 1 aliphatic heterocycles. The molecule has 0 spiro atoms. The van der Waals surface area contributed by atoms with Crippen LogP contribution < -0.4 is 0 Å². The third kappa shape index (κ3) is 3.41. The van der Waals surface area contributed by atoms with Crippen molar-refractivity contribution in [1.82, 2.24) is 5.01 Å². The second-order valence-corrected chi connectivity index (χ2v) is 5.70. The quantitative estimate of drug-likeness (QED) is 0.852. The number of nitrogens with zero attached hydrogens (tertiary/aromatic N) is 2. The first kappa shape index (κ1) is 16.7. The number of carbonyl (C=O) groups is 1. The number of halogens is 3. The summed E-state index contributed by atoms with van der Waals surface area (Å²) in [5, 5.41) is 13.4. The van der Waals surface area contributed by atoms with Gasteiger partial charge in [0.05, 0.1) is 0 Å². The average Bonchev–Trinajstić information content (AvgIpc) is 2.54. The van der Waals surface area contributed by atoms with Gasteiger partial charge in [-0.05, 0) is 27.2 Å². The molecule has 1 heterocycles. The predicted octanol–water partition coefficient (Wildman–Crippen LogP) is 3.03. The third-order valence-electron chi connectivity index (χ3n) is 2.60. The zero-order valence-electron chi connectivity index (χ0n) is 11.9. The third-order valence-corrected chi connectivity index (χ3v) is 2.60. The Morgan fingerprint density at radius 2 is 2.00 bits per heavy atom. The van der Waals surface area contributed by atoms with E-state index >= 15 is 0 Å². The van der Waals surface area contributed by atoms with E-state index in [2.05, 4.69) is 5.10 Å². The summed E-state index contributed by atoms with van der Waals surface area (Å²) in [5.41, 5.74) is -4.19. The van der Waals surface area contributed by atoms with Gasteiger partial charge in [-0.1, -0.05) is 13.3 Å². The summed E-state index contributed by atoms with van der Waals surface area (Å²) in [4.78, 5) is 11.8. The Hall–Kier alpha value is -1.31. The van der Waals surface area contributed by atoms with Gasteiger partial charge >= 0.3 is 12.3 Å². The lowest BCUT2D eigenvalue weighted by atomic mass is 10.0. The molecule has 0 aromatic heterocycles. The number of aliphatic hydroxyl groups is 1. The Morgan fingerprint density at radius 1 is 1.45 bits per heavy atom. The largest absolute Gasteiger partial charge is 0.442 e. The van der Waals surface area contributed by atoms with E-state index in [-0.39, 0.29) is 17.1 Å². The van der Waals surface area contributed by atoms with Crippen molar-refractivity contribution in [3.8, 4) is 0 Å². The highest BCUT2D eigenvalue weighted by molar-refractivity contribution is 5.89. The lowest BCUT2D eigenvalue weighted by Crippen LogP contribution is -2.57. The molecular weight excluding hydrogens is 277 g/mol. The summed E-state index contributed by atoms with van der Waals surface area (Å²) in [6.07, 6.45) is -6.23. The van der Waals surface area contributed by atoms with Crippen molar-refractivity contribution in [2.45, 2.75) is 64.5 Å². The minimum atomic E-state index is -5.01. The minimum Gasteiger partial charge on any atom is -0.442 e. The first-order valence-electron chi connectivity index (χ1n) is 6.29. The van der Waals surface area contributed by atoms with E-state index in [1.54, 1.807) is 6.92 Å². The van der Waals surface area contributed by atoms with Crippen LogP contribution in [0.5, 0.6) is 0 Å². The molecule has 0 bridgehead atoms. The number of ether oxygens (including phenoxy) is 1. The molecular formula is C12H19F3N2O3. The fourth-order valence-corrected chi connectivity index (χ4v) is 1.76. The number of hydrazone groups is 1. The Bertz CT molecular complexity index is 415. The van der Waals surface area contributed by atoms with Gasteiger partial charge in [-0.3, -0.25) is 0 Å². The van der Waals surface area contributed by atoms with Gasteiger partial charge < -0.3 is 9.84 Å². The molecule has 0 unspecified atom stereocenters. The van der Waals surface area contributed by atoms with Crippen molar-refractivity contribution in [3.63, 3.8) is 0 Å². The number of alkyl halides is 3. The molecule has 0 saturated carbocycles. The van der Waals surface area contributed by atoms with E-state index in [1.165, 1.54) is 20.8 Å². The summed E-state index contributed by atoms with van der Waals surface area (Å²) in [6, 6.07) is 0. The lowest BCUT2D eigenvalue weighted by Gasteiger charge is -2.33. The molecule has 0 aliphatic carbocycles. The van der Waals surface area contributed by atoms with Gasteiger partial charge in [-0.25, -0.2) is 4.79 Å². The fraction of sp³-hybridized carbons (Fsp3) is 0.833. The topological polar surface area (TPSA) is 62.1 Å². The first-order valence-corrected chi connectivity index (χ1v) is 6.29. The van der Waals surface area contributed by atoms with Crippen LogP contribution in [-0.2, 0) is 4.74 Å². The molecule has 1 aliphatic rings. The van der Waals surface area contributed by atoms with Crippen molar-refractivity contribution in [1.29, 1.82) is 0 Å². The van der Waals surface area contributed by atoms with E-state index in [4.69, 9.17) is 4.74 Å². The van der Waals surface area contributed by atoms with Crippen LogP contribution in [0.15, 0.2) is 5.10 Å². The van der Waals surface area contributed by atoms with Gasteiger partial charge in [0.1, 0.15) is 5.60 Å². The molecule has 1 atom stereocenters. The molecule has 1 N–H and O–H groups in total. The van der Waals surface area contributed by atoms with E-state index in [0.29, 0.717) is 6.42 Å². The smallest absolute Gasteiger partial charge is 0.439 e.